The van der Waals surface area contributed by atoms with Gasteiger partial charge in [-0.05, 0) is 61.3 Å². The fourth-order valence-electron chi connectivity index (χ4n) is 4.79. The summed E-state index contributed by atoms with van der Waals surface area (Å²) in [5.74, 6) is 0.804. The molecule has 0 bridgehead atoms. The third kappa shape index (κ3) is 5.57. The first kappa shape index (κ1) is 22.2. The van der Waals surface area contributed by atoms with Gasteiger partial charge in [0.15, 0.2) is 0 Å². The van der Waals surface area contributed by atoms with Gasteiger partial charge in [0, 0.05) is 57.2 Å². The van der Waals surface area contributed by atoms with Crippen molar-refractivity contribution in [2.24, 2.45) is 11.3 Å². The third-order valence-electron chi connectivity index (χ3n) is 7.02. The van der Waals surface area contributed by atoms with Crippen LogP contribution in [0.2, 0.25) is 0 Å². The van der Waals surface area contributed by atoms with E-state index in [1.165, 1.54) is 68.7 Å². The van der Waals surface area contributed by atoms with E-state index in [4.69, 9.17) is 0 Å². The van der Waals surface area contributed by atoms with Gasteiger partial charge in [0.05, 0.1) is 0 Å². The van der Waals surface area contributed by atoms with Gasteiger partial charge in [-0.25, -0.2) is 0 Å². The van der Waals surface area contributed by atoms with Crippen LogP contribution in [0.25, 0.3) is 5.57 Å². The third-order valence-corrected chi connectivity index (χ3v) is 7.02. The normalized spacial score (nSPS) is 21.2. The Bertz CT molecular complexity index is 690. The zero-order valence-corrected chi connectivity index (χ0v) is 19.8. The van der Waals surface area contributed by atoms with E-state index in [0.717, 1.165) is 19.0 Å². The molecule has 0 N–H and O–H groups in total. The van der Waals surface area contributed by atoms with Crippen molar-refractivity contribution >= 4 is 16.9 Å². The van der Waals surface area contributed by atoms with Crippen LogP contribution in [0.1, 0.15) is 65.4 Å². The number of anilines is 2. The molecule has 0 amide bonds. The maximum atomic E-state index is 2.64. The summed E-state index contributed by atoms with van der Waals surface area (Å²) in [7, 11) is 4.30. The van der Waals surface area contributed by atoms with E-state index in [1.807, 2.05) is 0 Å². The molecule has 1 aromatic rings. The molecule has 29 heavy (non-hydrogen) atoms. The first-order chi connectivity index (χ1) is 13.8. The van der Waals surface area contributed by atoms with Gasteiger partial charge in [0.2, 0.25) is 0 Å². The summed E-state index contributed by atoms with van der Waals surface area (Å²) in [6.45, 7) is 15.4. The first-order valence-corrected chi connectivity index (χ1v) is 11.8. The molecule has 1 heterocycles. The van der Waals surface area contributed by atoms with Crippen LogP contribution >= 0.6 is 0 Å². The van der Waals surface area contributed by atoms with Crippen LogP contribution < -0.4 is 9.80 Å². The van der Waals surface area contributed by atoms with E-state index in [-0.39, 0.29) is 0 Å². The standard InChI is InChI=1S/C26H43N3/c1-7-8-15-28-16-18-29(19-17-28)25-20-23(27(5)6)13-14-24(25)21-9-11-22(12-10-21)26(2,3)4/h9,13-14,20,22H,7-8,10-12,15-19H2,1-6H3. The molecule has 0 radical (unpaired) electrons. The second-order valence-electron chi connectivity index (χ2n) is 10.3. The number of benzene rings is 1. The summed E-state index contributed by atoms with van der Waals surface area (Å²) in [6, 6.07) is 7.11. The van der Waals surface area contributed by atoms with E-state index in [1.54, 1.807) is 5.57 Å². The van der Waals surface area contributed by atoms with Crippen molar-refractivity contribution < 1.29 is 0 Å². The lowest BCUT2D eigenvalue weighted by atomic mass is 9.72. The summed E-state index contributed by atoms with van der Waals surface area (Å²) in [5, 5.41) is 0. The van der Waals surface area contributed by atoms with Gasteiger partial charge < -0.3 is 9.80 Å². The molecule has 1 saturated heterocycles. The van der Waals surface area contributed by atoms with Crippen molar-refractivity contribution in [3.05, 3.63) is 29.8 Å². The van der Waals surface area contributed by atoms with E-state index >= 15 is 0 Å². The van der Waals surface area contributed by atoms with Crippen LogP contribution in [0.15, 0.2) is 24.3 Å². The lowest BCUT2D eigenvalue weighted by molar-refractivity contribution is 0.225. The van der Waals surface area contributed by atoms with Crippen molar-refractivity contribution in [2.45, 2.75) is 59.8 Å². The van der Waals surface area contributed by atoms with Gasteiger partial charge in [-0.15, -0.1) is 0 Å². The minimum atomic E-state index is 0.411. The minimum Gasteiger partial charge on any atom is -0.378 e. The highest BCUT2D eigenvalue weighted by Crippen LogP contribution is 2.42. The highest BCUT2D eigenvalue weighted by Gasteiger charge is 2.28. The first-order valence-electron chi connectivity index (χ1n) is 11.8. The lowest BCUT2D eigenvalue weighted by Gasteiger charge is -2.38. The quantitative estimate of drug-likeness (QED) is 0.591. The van der Waals surface area contributed by atoms with Crippen molar-refractivity contribution in [1.82, 2.24) is 4.90 Å². The van der Waals surface area contributed by atoms with E-state index in [9.17, 15) is 0 Å². The van der Waals surface area contributed by atoms with Gasteiger partial charge in [-0.3, -0.25) is 4.90 Å². The Morgan fingerprint density at radius 1 is 1.07 bits per heavy atom. The van der Waals surface area contributed by atoms with Crippen molar-refractivity contribution in [3.8, 4) is 0 Å². The number of unbranched alkanes of at least 4 members (excludes halogenated alkanes) is 1. The summed E-state index contributed by atoms with van der Waals surface area (Å²) in [6.07, 6.45) is 8.91. The van der Waals surface area contributed by atoms with Gasteiger partial charge in [0.1, 0.15) is 0 Å². The van der Waals surface area contributed by atoms with Crippen LogP contribution in [0, 0.1) is 11.3 Å². The van der Waals surface area contributed by atoms with Crippen LogP contribution in [0.3, 0.4) is 0 Å². The van der Waals surface area contributed by atoms with Crippen molar-refractivity contribution in [1.29, 1.82) is 0 Å². The molecule has 0 saturated carbocycles. The highest BCUT2D eigenvalue weighted by molar-refractivity contribution is 5.80. The Morgan fingerprint density at radius 3 is 2.34 bits per heavy atom. The molecule has 1 unspecified atom stereocenters. The fraction of sp³-hybridized carbons (Fsp3) is 0.692. The van der Waals surface area contributed by atoms with Crippen LogP contribution in [0.5, 0.6) is 0 Å². The fourth-order valence-corrected chi connectivity index (χ4v) is 4.79. The largest absolute Gasteiger partial charge is 0.378 e. The predicted octanol–water partition coefficient (Wildman–Crippen LogP) is 5.90. The summed E-state index contributed by atoms with van der Waals surface area (Å²) in [5.41, 5.74) is 6.21. The van der Waals surface area contributed by atoms with Gasteiger partial charge >= 0.3 is 0 Å². The van der Waals surface area contributed by atoms with Crippen molar-refractivity contribution in [2.75, 3.05) is 56.6 Å². The molecule has 2 aliphatic rings. The lowest BCUT2D eigenvalue weighted by Crippen LogP contribution is -2.47. The molecule has 3 heteroatoms. The maximum absolute atomic E-state index is 2.64. The number of nitrogens with zero attached hydrogens (tertiary/aromatic N) is 3. The number of hydrogen-bond donors (Lipinski definition) is 0. The monoisotopic (exact) mass is 397 g/mol. The average molecular weight is 398 g/mol. The Kier molecular flexibility index (Phi) is 7.32. The maximum Gasteiger partial charge on any atom is 0.0464 e. The van der Waals surface area contributed by atoms with E-state index in [0.29, 0.717) is 5.41 Å². The second-order valence-corrected chi connectivity index (χ2v) is 10.3. The number of allylic oxidation sites excluding steroid dienone is 2. The molecule has 0 spiro atoms. The smallest absolute Gasteiger partial charge is 0.0464 e. The predicted molar refractivity (Wildman–Crippen MR) is 129 cm³/mol. The Balaban J connectivity index is 1.81. The van der Waals surface area contributed by atoms with Crippen molar-refractivity contribution in [3.63, 3.8) is 0 Å². The molecular weight excluding hydrogens is 354 g/mol. The SMILES string of the molecule is CCCCN1CCN(c2cc(N(C)C)ccc2C2=CCC(C(C)(C)C)CC2)CC1. The molecule has 162 valence electrons. The molecule has 3 nitrogen and oxygen atoms in total. The van der Waals surface area contributed by atoms with Crippen LogP contribution in [-0.2, 0) is 0 Å². The Morgan fingerprint density at radius 2 is 1.79 bits per heavy atom. The summed E-state index contributed by atoms with van der Waals surface area (Å²) in [4.78, 5) is 7.51. The molecule has 3 rings (SSSR count). The second kappa shape index (κ2) is 9.55. The summed E-state index contributed by atoms with van der Waals surface area (Å²) >= 11 is 0. The minimum absolute atomic E-state index is 0.411. The zero-order chi connectivity index (χ0) is 21.0. The molecule has 1 atom stereocenters. The molecule has 1 aliphatic carbocycles. The highest BCUT2D eigenvalue weighted by atomic mass is 15.3. The van der Waals surface area contributed by atoms with E-state index in [2.05, 4.69) is 80.8 Å². The zero-order valence-electron chi connectivity index (χ0n) is 19.8. The van der Waals surface area contributed by atoms with Gasteiger partial charge in [-0.1, -0.05) is 46.3 Å². The number of rotatable bonds is 6. The molecular formula is C26H43N3. The average Bonchev–Trinajstić information content (AvgIpc) is 2.71. The Labute approximate surface area is 179 Å². The van der Waals surface area contributed by atoms with Gasteiger partial charge in [-0.2, -0.15) is 0 Å². The molecule has 1 fully saturated rings. The Hall–Kier alpha value is -1.48. The number of hydrogen-bond acceptors (Lipinski definition) is 3. The van der Waals surface area contributed by atoms with Crippen LogP contribution in [0.4, 0.5) is 11.4 Å². The van der Waals surface area contributed by atoms with Gasteiger partial charge in [0.25, 0.3) is 0 Å². The van der Waals surface area contributed by atoms with Crippen LogP contribution in [-0.4, -0.2) is 51.7 Å². The number of piperazine rings is 1. The summed E-state index contributed by atoms with van der Waals surface area (Å²) < 4.78 is 0. The molecule has 1 aromatic carbocycles. The molecule has 1 aliphatic heterocycles. The van der Waals surface area contributed by atoms with E-state index < -0.39 is 0 Å². The topological polar surface area (TPSA) is 9.72 Å². The molecule has 0 aromatic heterocycles.